The van der Waals surface area contributed by atoms with E-state index < -0.39 is 60.0 Å². The van der Waals surface area contributed by atoms with Gasteiger partial charge in [0.05, 0.1) is 31.5 Å². The maximum absolute atomic E-state index is 14.4. The third-order valence-corrected chi connectivity index (χ3v) is 11.1. The zero-order chi connectivity index (χ0) is 42.8. The first-order valence-corrected chi connectivity index (χ1v) is 20.1. The highest BCUT2D eigenvalue weighted by atomic mass is 19.4. The van der Waals surface area contributed by atoms with Crippen molar-refractivity contribution < 1.29 is 42.1 Å². The monoisotopic (exact) mass is 820 g/mol. The molecule has 3 N–H and O–H groups in total. The van der Waals surface area contributed by atoms with Gasteiger partial charge in [-0.3, -0.25) is 29.3 Å². The van der Waals surface area contributed by atoms with Crippen LogP contribution in [0.2, 0.25) is 0 Å². The first kappa shape index (κ1) is 43.6. The normalized spacial score (nSPS) is 19.5. The number of esters is 1. The fourth-order valence-electron chi connectivity index (χ4n) is 8.58. The van der Waals surface area contributed by atoms with E-state index in [2.05, 4.69) is 33.3 Å². The predicted molar refractivity (Wildman–Crippen MR) is 218 cm³/mol. The fraction of sp³-hybridized carbons (Fsp3) is 0.500. The van der Waals surface area contributed by atoms with Crippen molar-refractivity contribution in [3.8, 4) is 28.1 Å². The van der Waals surface area contributed by atoms with E-state index in [0.29, 0.717) is 43.5 Å². The lowest BCUT2D eigenvalue weighted by Crippen LogP contribution is -2.62. The van der Waals surface area contributed by atoms with Crippen LogP contribution in [0.15, 0.2) is 54.9 Å². The Hall–Kier alpha value is -4.99. The second-order valence-electron chi connectivity index (χ2n) is 16.9. The Morgan fingerprint density at radius 2 is 1.92 bits per heavy atom. The zero-order valence-corrected chi connectivity index (χ0v) is 34.8. The third kappa shape index (κ3) is 9.90. The van der Waals surface area contributed by atoms with Crippen molar-refractivity contribution in [2.75, 3.05) is 33.9 Å². The van der Waals surface area contributed by atoms with Gasteiger partial charge in [-0.25, -0.2) is 5.43 Å². The second-order valence-corrected chi connectivity index (χ2v) is 16.9. The number of aryl methyl sites for hydroxylation is 1. The van der Waals surface area contributed by atoms with Crippen molar-refractivity contribution in [2.45, 2.75) is 97.8 Å². The van der Waals surface area contributed by atoms with Crippen molar-refractivity contribution in [2.24, 2.45) is 11.3 Å². The summed E-state index contributed by atoms with van der Waals surface area (Å²) in [6.07, 6.45) is 0.309. The number of hydrazine groups is 1. The molecule has 0 aliphatic carbocycles. The highest BCUT2D eigenvalue weighted by molar-refractivity contribution is 5.95. The maximum atomic E-state index is 14.4. The van der Waals surface area contributed by atoms with Crippen LogP contribution in [-0.2, 0) is 49.9 Å². The molecule has 6 bridgehead atoms. The van der Waals surface area contributed by atoms with E-state index in [0.717, 1.165) is 43.8 Å². The van der Waals surface area contributed by atoms with Gasteiger partial charge in [0.15, 0.2) is 0 Å². The van der Waals surface area contributed by atoms with Gasteiger partial charge in [-0.2, -0.15) is 13.2 Å². The van der Waals surface area contributed by atoms with Crippen molar-refractivity contribution in [3.63, 3.8) is 0 Å². The number of aromatic nitrogens is 2. The summed E-state index contributed by atoms with van der Waals surface area (Å²) in [6, 6.07) is 9.67. The molecule has 0 spiro atoms. The minimum Gasteiger partial charge on any atom is -0.508 e. The average molecular weight is 821 g/mol. The number of nitrogens with one attached hydrogen (secondary N) is 2. The molecule has 1 unspecified atom stereocenters. The smallest absolute Gasteiger partial charge is 0.401 e. The molecule has 4 heterocycles. The van der Waals surface area contributed by atoms with Gasteiger partial charge in [0.1, 0.15) is 17.8 Å². The molecule has 2 aromatic heterocycles. The molecule has 59 heavy (non-hydrogen) atoms. The number of benzene rings is 2. The number of carbonyl (C=O) groups excluding carboxylic acids is 3. The lowest BCUT2D eigenvalue weighted by molar-refractivity contribution is -0.158. The number of nitrogens with zero attached hydrogens (tertiary/aromatic N) is 4. The highest BCUT2D eigenvalue weighted by Gasteiger charge is 2.39. The second kappa shape index (κ2) is 17.7. The van der Waals surface area contributed by atoms with E-state index in [1.807, 2.05) is 44.3 Å². The Morgan fingerprint density at radius 1 is 1.15 bits per heavy atom. The number of likely N-dealkylation sites (N-methyl/N-ethyl adjacent to an activating group) is 1. The SMILES string of the molecule is CCn1c(-c2cnccc2COC)c2c3cc(ccc31)-c1cc(O)cc(c1)C[C@H](NC(=O)C(C(C)C)N(C)CC(F)(F)F)C(=O)N1CCC[C@H](N1)C(=O)OCC(C)(C)C2. The molecule has 3 atom stereocenters. The molecule has 2 aliphatic heterocycles. The number of phenolic OH excluding ortho intramolecular Hbond substituents is 1. The summed E-state index contributed by atoms with van der Waals surface area (Å²) >= 11 is 0. The van der Waals surface area contributed by atoms with Crippen LogP contribution < -0.4 is 10.7 Å². The number of rotatable bonds is 9. The van der Waals surface area contributed by atoms with E-state index >= 15 is 0 Å². The third-order valence-electron chi connectivity index (χ3n) is 11.1. The maximum Gasteiger partial charge on any atom is 0.401 e. The number of hydrogen-bond donors (Lipinski definition) is 3. The molecule has 12 nitrogen and oxygen atoms in total. The van der Waals surface area contributed by atoms with Crippen molar-refractivity contribution in [1.29, 1.82) is 0 Å². The number of amides is 2. The zero-order valence-electron chi connectivity index (χ0n) is 34.8. The van der Waals surface area contributed by atoms with Crippen LogP contribution in [0.25, 0.3) is 33.3 Å². The highest BCUT2D eigenvalue weighted by Crippen LogP contribution is 2.41. The lowest BCUT2D eigenvalue weighted by Gasteiger charge is -2.36. The van der Waals surface area contributed by atoms with E-state index in [4.69, 9.17) is 9.47 Å². The largest absolute Gasteiger partial charge is 0.508 e. The van der Waals surface area contributed by atoms with Gasteiger partial charge in [-0.15, -0.1) is 0 Å². The quantitative estimate of drug-likeness (QED) is 0.164. The molecule has 1 saturated heterocycles. The number of hydrogen-bond acceptors (Lipinski definition) is 9. The lowest BCUT2D eigenvalue weighted by atomic mass is 9.84. The van der Waals surface area contributed by atoms with Gasteiger partial charge in [0, 0.05) is 60.9 Å². The van der Waals surface area contributed by atoms with Crippen molar-refractivity contribution in [1.82, 2.24) is 30.2 Å². The number of alkyl halides is 3. The van der Waals surface area contributed by atoms with Gasteiger partial charge in [-0.05, 0) is 97.3 Å². The number of ether oxygens (including phenoxy) is 2. The van der Waals surface area contributed by atoms with Gasteiger partial charge in [0.25, 0.3) is 5.91 Å². The molecular formula is C44H55F3N6O6. The Balaban J connectivity index is 1.50. The van der Waals surface area contributed by atoms with E-state index in [-0.39, 0.29) is 25.3 Å². The van der Waals surface area contributed by atoms with Gasteiger partial charge < -0.3 is 24.5 Å². The number of methoxy groups -OCH3 is 1. The van der Waals surface area contributed by atoms with E-state index in [1.54, 1.807) is 33.2 Å². The number of phenols is 1. The minimum atomic E-state index is -4.55. The van der Waals surface area contributed by atoms with E-state index in [9.17, 15) is 32.7 Å². The molecule has 318 valence electrons. The molecule has 15 heteroatoms. The predicted octanol–water partition coefficient (Wildman–Crippen LogP) is 6.41. The summed E-state index contributed by atoms with van der Waals surface area (Å²) in [7, 11) is 2.88. The molecular weight excluding hydrogens is 766 g/mol. The van der Waals surface area contributed by atoms with Crippen LogP contribution in [0.1, 0.15) is 64.2 Å². The summed E-state index contributed by atoms with van der Waals surface area (Å²) in [5.41, 5.74) is 9.28. The number of pyridine rings is 1. The standard InChI is InChI=1S/C44H55F3N6O6/c1-8-52-37-12-11-28-20-32(37)33(39(52)34-22-48-14-13-29(34)23-58-7)21-43(4,5)25-59-42(57)35-10-9-15-53(50-35)41(56)36(18-27-16-30(28)19-31(54)17-27)49-40(55)38(26(2)3)51(6)24-44(45,46)47/h11-14,16-17,19-20,22,26,35-36,38,50,54H,8-10,15,18,21,23-25H2,1-7H3,(H,49,55)/t35-,36-,38?/m0/s1. The summed E-state index contributed by atoms with van der Waals surface area (Å²) in [6.45, 7) is 9.43. The number of halogens is 3. The molecule has 2 amide bonds. The van der Waals surface area contributed by atoms with Crippen molar-refractivity contribution in [3.05, 3.63) is 71.5 Å². The Kier molecular flexibility index (Phi) is 13.1. The summed E-state index contributed by atoms with van der Waals surface area (Å²) in [5, 5.41) is 16.1. The number of cyclic esters (lactones) is 1. The first-order chi connectivity index (χ1) is 27.9. The number of aromatic hydroxyl groups is 1. The van der Waals surface area contributed by atoms with Gasteiger partial charge in [0.2, 0.25) is 5.91 Å². The van der Waals surface area contributed by atoms with E-state index in [1.165, 1.54) is 18.1 Å². The van der Waals surface area contributed by atoms with Crippen LogP contribution in [0.5, 0.6) is 5.75 Å². The molecule has 2 aromatic carbocycles. The van der Waals surface area contributed by atoms with Crippen LogP contribution in [0.3, 0.4) is 0 Å². The minimum absolute atomic E-state index is 0.0684. The molecule has 1 fully saturated rings. The molecule has 0 radical (unpaired) electrons. The average Bonchev–Trinajstić information content (AvgIpc) is 3.46. The summed E-state index contributed by atoms with van der Waals surface area (Å²) < 4.78 is 54.3. The molecule has 2 aliphatic rings. The molecule has 4 aromatic rings. The van der Waals surface area contributed by atoms with Gasteiger partial charge in [-0.1, -0.05) is 39.8 Å². The number of carbonyl (C=O) groups is 3. The Bertz CT molecular complexity index is 2190. The first-order valence-electron chi connectivity index (χ1n) is 20.1. The van der Waals surface area contributed by atoms with Crippen LogP contribution in [0, 0.1) is 11.3 Å². The molecule has 6 rings (SSSR count). The van der Waals surface area contributed by atoms with Crippen LogP contribution in [-0.4, -0.2) is 101 Å². The summed E-state index contributed by atoms with van der Waals surface area (Å²) in [5.74, 6) is -2.46. The molecule has 0 saturated carbocycles. The van der Waals surface area contributed by atoms with Gasteiger partial charge >= 0.3 is 12.1 Å². The Labute approximate surface area is 343 Å². The van der Waals surface area contributed by atoms with Crippen LogP contribution >= 0.6 is 0 Å². The Morgan fingerprint density at radius 3 is 2.61 bits per heavy atom. The number of fused-ring (bicyclic) bond motifs is 6. The van der Waals surface area contributed by atoms with Crippen LogP contribution in [0.4, 0.5) is 13.2 Å². The fourth-order valence-corrected chi connectivity index (χ4v) is 8.58. The van der Waals surface area contributed by atoms with Crippen molar-refractivity contribution >= 4 is 28.7 Å². The topological polar surface area (TPSA) is 138 Å². The summed E-state index contributed by atoms with van der Waals surface area (Å²) in [4.78, 5) is 47.4.